The summed E-state index contributed by atoms with van der Waals surface area (Å²) in [4.78, 5) is 0. The van der Waals surface area contributed by atoms with Crippen LogP contribution in [0.4, 0.5) is 0 Å². The van der Waals surface area contributed by atoms with E-state index in [-0.39, 0.29) is 0 Å². The minimum atomic E-state index is 0.369. The quantitative estimate of drug-likeness (QED) is 0.588. The third-order valence-corrected chi connectivity index (χ3v) is 1.23. The van der Waals surface area contributed by atoms with Gasteiger partial charge in [0.15, 0.2) is 0 Å². The fourth-order valence-electron chi connectivity index (χ4n) is 0.544. The first-order valence-electron chi connectivity index (χ1n) is 2.82. The fourth-order valence-corrected chi connectivity index (χ4v) is 0.682. The van der Waals surface area contributed by atoms with Crippen LogP contribution in [-0.4, -0.2) is 9.78 Å². The van der Waals surface area contributed by atoms with Gasteiger partial charge in [0.05, 0.1) is 5.02 Å². The van der Waals surface area contributed by atoms with Crippen molar-refractivity contribution in [2.75, 3.05) is 0 Å². The first-order chi connectivity index (χ1) is 4.20. The minimum Gasteiger partial charge on any atom is -0.268 e. The Balaban J connectivity index is 2.85. The summed E-state index contributed by atoms with van der Waals surface area (Å²) in [6.07, 6.45) is 4.38. The highest BCUT2D eigenvalue weighted by Gasteiger charge is 1.97. The lowest BCUT2D eigenvalue weighted by Gasteiger charge is -2.01. The summed E-state index contributed by atoms with van der Waals surface area (Å²) in [6.45, 7) is 4.08. The summed E-state index contributed by atoms with van der Waals surface area (Å²) < 4.78 is 1.77. The summed E-state index contributed by atoms with van der Waals surface area (Å²) in [7, 11) is 0. The average Bonchev–Trinajstić information content (AvgIpc) is 2.14. The third-order valence-electron chi connectivity index (χ3n) is 1.05. The maximum atomic E-state index is 5.57. The Kier molecular flexibility index (Phi) is 1.76. The molecular weight excluding hydrogens is 136 g/mol. The molecule has 0 aromatic carbocycles. The summed E-state index contributed by atoms with van der Waals surface area (Å²) in [5, 5.41) is 4.45. The number of halogens is 1. The van der Waals surface area contributed by atoms with Gasteiger partial charge in [0.1, 0.15) is 6.20 Å². The number of hydrogen-bond donors (Lipinski definition) is 0. The summed E-state index contributed by atoms with van der Waals surface area (Å²) in [5.41, 5.74) is 0. The van der Waals surface area contributed by atoms with Crippen molar-refractivity contribution in [2.45, 2.75) is 19.9 Å². The Morgan fingerprint density at radius 2 is 2.44 bits per heavy atom. The van der Waals surface area contributed by atoms with Gasteiger partial charge in [-0.2, -0.15) is 5.10 Å². The second kappa shape index (κ2) is 2.40. The Morgan fingerprint density at radius 1 is 1.78 bits per heavy atom. The van der Waals surface area contributed by atoms with Gasteiger partial charge in [-0.1, -0.05) is 11.6 Å². The van der Waals surface area contributed by atoms with Gasteiger partial charge in [0, 0.05) is 12.2 Å². The van der Waals surface area contributed by atoms with Crippen molar-refractivity contribution in [1.82, 2.24) is 9.78 Å². The lowest BCUT2D eigenvalue weighted by Crippen LogP contribution is -1.99. The van der Waals surface area contributed by atoms with Crippen molar-refractivity contribution in [3.05, 3.63) is 17.4 Å². The molecule has 0 spiro atoms. The molecule has 1 aromatic rings. The van der Waals surface area contributed by atoms with E-state index in [0.29, 0.717) is 11.1 Å². The molecule has 1 heterocycles. The lowest BCUT2D eigenvalue weighted by atomic mass is 10.4. The maximum absolute atomic E-state index is 5.57. The van der Waals surface area contributed by atoms with Gasteiger partial charge in [-0.15, -0.1) is 0 Å². The molecule has 2 nitrogen and oxygen atoms in total. The number of aromatic nitrogens is 2. The molecule has 49 valence electrons. The predicted molar refractivity (Wildman–Crippen MR) is 36.5 cm³/mol. The molecule has 0 aliphatic heterocycles. The molecule has 1 aromatic heterocycles. The van der Waals surface area contributed by atoms with E-state index in [1.807, 2.05) is 13.8 Å². The van der Waals surface area contributed by atoms with Crippen LogP contribution in [0.5, 0.6) is 0 Å². The number of hydrogen-bond acceptors (Lipinski definition) is 1. The maximum Gasteiger partial charge on any atom is 0.133 e. The molecule has 0 saturated carbocycles. The molecule has 0 aliphatic carbocycles. The molecule has 0 aliphatic rings. The molecule has 0 unspecified atom stereocenters. The van der Waals surface area contributed by atoms with Crippen molar-refractivity contribution in [1.29, 1.82) is 0 Å². The zero-order chi connectivity index (χ0) is 6.85. The van der Waals surface area contributed by atoms with Crippen LogP contribution in [0.25, 0.3) is 0 Å². The van der Waals surface area contributed by atoms with E-state index in [9.17, 15) is 0 Å². The van der Waals surface area contributed by atoms with Gasteiger partial charge in [0.2, 0.25) is 0 Å². The Hall–Kier alpha value is -0.500. The van der Waals surface area contributed by atoms with Crippen LogP contribution in [-0.2, 0) is 0 Å². The molecule has 0 N–H and O–H groups in total. The first kappa shape index (κ1) is 6.62. The highest BCUT2D eigenvalue weighted by molar-refractivity contribution is 6.30. The van der Waals surface area contributed by atoms with E-state index in [1.165, 1.54) is 0 Å². The monoisotopic (exact) mass is 143 g/mol. The van der Waals surface area contributed by atoms with Crippen LogP contribution in [0.1, 0.15) is 19.9 Å². The summed E-state index contributed by atoms with van der Waals surface area (Å²) in [5.74, 6) is 0. The van der Waals surface area contributed by atoms with E-state index in [2.05, 4.69) is 11.3 Å². The molecule has 0 atom stereocenters. The van der Waals surface area contributed by atoms with Crippen LogP contribution in [0.15, 0.2) is 6.20 Å². The molecule has 9 heavy (non-hydrogen) atoms. The molecule has 0 bridgehead atoms. The topological polar surface area (TPSA) is 17.8 Å². The van der Waals surface area contributed by atoms with Gasteiger partial charge in [-0.05, 0) is 13.8 Å². The molecule has 3 heteroatoms. The van der Waals surface area contributed by atoms with E-state index in [4.69, 9.17) is 11.6 Å². The first-order valence-corrected chi connectivity index (χ1v) is 3.20. The fraction of sp³-hybridized carbons (Fsp3) is 0.500. The molecule has 1 rings (SSSR count). The van der Waals surface area contributed by atoms with Gasteiger partial charge in [-0.3, -0.25) is 4.68 Å². The van der Waals surface area contributed by atoms with Gasteiger partial charge >= 0.3 is 0 Å². The SMILES string of the molecule is CC(C)n1cc(Cl)[c]n1. The van der Waals surface area contributed by atoms with E-state index >= 15 is 0 Å². The van der Waals surface area contributed by atoms with Crippen molar-refractivity contribution < 1.29 is 0 Å². The predicted octanol–water partition coefficient (Wildman–Crippen LogP) is 1.92. The number of nitrogens with zero attached hydrogens (tertiary/aromatic N) is 2. The van der Waals surface area contributed by atoms with E-state index < -0.39 is 0 Å². The zero-order valence-electron chi connectivity index (χ0n) is 5.43. The highest BCUT2D eigenvalue weighted by atomic mass is 35.5. The van der Waals surface area contributed by atoms with E-state index in [1.54, 1.807) is 10.9 Å². The molecule has 0 amide bonds. The van der Waals surface area contributed by atoms with Gasteiger partial charge in [-0.25, -0.2) is 0 Å². The van der Waals surface area contributed by atoms with Crippen molar-refractivity contribution in [3.8, 4) is 0 Å². The average molecular weight is 144 g/mol. The Labute approximate surface area is 59.4 Å². The van der Waals surface area contributed by atoms with Crippen LogP contribution in [0, 0.1) is 6.20 Å². The Bertz CT molecular complexity index is 193. The van der Waals surface area contributed by atoms with Crippen molar-refractivity contribution >= 4 is 11.6 Å². The van der Waals surface area contributed by atoms with Crippen LogP contribution >= 0.6 is 11.6 Å². The van der Waals surface area contributed by atoms with Crippen LogP contribution < -0.4 is 0 Å². The standard InChI is InChI=1S/C6H8ClN2/c1-5(2)9-4-6(7)3-8-9/h4-5H,1-2H3. The van der Waals surface area contributed by atoms with Crippen molar-refractivity contribution in [2.24, 2.45) is 0 Å². The summed E-state index contributed by atoms with van der Waals surface area (Å²) in [6, 6.07) is 0.369. The third kappa shape index (κ3) is 1.45. The summed E-state index contributed by atoms with van der Waals surface area (Å²) >= 11 is 5.57. The largest absolute Gasteiger partial charge is 0.268 e. The minimum absolute atomic E-state index is 0.369. The van der Waals surface area contributed by atoms with Gasteiger partial charge in [0.25, 0.3) is 0 Å². The van der Waals surface area contributed by atoms with Crippen molar-refractivity contribution in [3.63, 3.8) is 0 Å². The highest BCUT2D eigenvalue weighted by Crippen LogP contribution is 2.08. The van der Waals surface area contributed by atoms with Crippen LogP contribution in [0.3, 0.4) is 0 Å². The molecule has 1 radical (unpaired) electrons. The molecule has 0 fully saturated rings. The smallest absolute Gasteiger partial charge is 0.133 e. The van der Waals surface area contributed by atoms with E-state index in [0.717, 1.165) is 0 Å². The second-order valence-corrected chi connectivity index (χ2v) is 2.57. The lowest BCUT2D eigenvalue weighted by molar-refractivity contribution is 0.531. The Morgan fingerprint density at radius 3 is 2.67 bits per heavy atom. The molecule has 0 saturated heterocycles. The zero-order valence-corrected chi connectivity index (χ0v) is 6.18. The number of rotatable bonds is 1. The second-order valence-electron chi connectivity index (χ2n) is 2.16. The van der Waals surface area contributed by atoms with Gasteiger partial charge < -0.3 is 0 Å². The van der Waals surface area contributed by atoms with Crippen LogP contribution in [0.2, 0.25) is 5.02 Å². The normalized spacial score (nSPS) is 10.7. The molecular formula is C6H8ClN2.